The Bertz CT molecular complexity index is 1420. The highest BCUT2D eigenvalue weighted by molar-refractivity contribution is 7.14. The van der Waals surface area contributed by atoms with Crippen LogP contribution in [0.5, 0.6) is 5.75 Å². The molecule has 1 aliphatic heterocycles. The van der Waals surface area contributed by atoms with Crippen LogP contribution in [0.3, 0.4) is 0 Å². The molecule has 0 aliphatic carbocycles. The van der Waals surface area contributed by atoms with E-state index in [0.29, 0.717) is 34.3 Å². The summed E-state index contributed by atoms with van der Waals surface area (Å²) in [6.45, 7) is 4.09. The summed E-state index contributed by atoms with van der Waals surface area (Å²) in [4.78, 5) is 33.0. The Morgan fingerprint density at radius 2 is 1.83 bits per heavy atom. The van der Waals surface area contributed by atoms with Crippen LogP contribution in [-0.4, -0.2) is 26.7 Å². The van der Waals surface area contributed by atoms with Crippen molar-refractivity contribution < 1.29 is 23.8 Å². The maximum Gasteiger partial charge on any atom is 0.290 e. The standard InChI is InChI=1S/C28H24N2O5S/c1-17-27(36-18(2)29-17)25(31)23-24(30(28(33)26(23)32)15-22-9-6-14-34-22)20-10-12-21(13-11-20)35-16-19-7-4-3-5-8-19/h3-14,24,32H,15-16H2,1-2H3. The molecular formula is C28H24N2O5S. The minimum absolute atomic E-state index is 0.0382. The van der Waals surface area contributed by atoms with Gasteiger partial charge in [0.05, 0.1) is 40.0 Å². The number of nitrogens with zero attached hydrogens (tertiary/aromatic N) is 2. The molecule has 5 rings (SSSR count). The van der Waals surface area contributed by atoms with Gasteiger partial charge in [-0.15, -0.1) is 11.3 Å². The number of aliphatic hydroxyl groups is 1. The lowest BCUT2D eigenvalue weighted by Crippen LogP contribution is -2.30. The molecule has 3 heterocycles. The number of thiazole rings is 1. The normalized spacial score (nSPS) is 15.6. The lowest BCUT2D eigenvalue weighted by atomic mass is 9.95. The fourth-order valence-electron chi connectivity index (χ4n) is 4.32. The number of ether oxygens (including phenoxy) is 1. The lowest BCUT2D eigenvalue weighted by molar-refractivity contribution is -0.130. The van der Waals surface area contributed by atoms with Gasteiger partial charge in [-0.2, -0.15) is 0 Å². The van der Waals surface area contributed by atoms with Crippen LogP contribution in [0.1, 0.15) is 43.3 Å². The summed E-state index contributed by atoms with van der Waals surface area (Å²) in [6, 6.07) is 19.7. The molecule has 0 radical (unpaired) electrons. The Labute approximate surface area is 212 Å². The Morgan fingerprint density at radius 1 is 1.08 bits per heavy atom. The van der Waals surface area contributed by atoms with E-state index in [9.17, 15) is 14.7 Å². The largest absolute Gasteiger partial charge is 0.503 e. The predicted molar refractivity (Wildman–Crippen MR) is 135 cm³/mol. The molecule has 7 nitrogen and oxygen atoms in total. The predicted octanol–water partition coefficient (Wildman–Crippen LogP) is 5.71. The van der Waals surface area contributed by atoms with E-state index in [2.05, 4.69) is 4.98 Å². The van der Waals surface area contributed by atoms with Crippen LogP contribution in [0, 0.1) is 13.8 Å². The van der Waals surface area contributed by atoms with Crippen molar-refractivity contribution in [2.24, 2.45) is 0 Å². The van der Waals surface area contributed by atoms with Gasteiger partial charge in [-0.3, -0.25) is 9.59 Å². The molecule has 2 aromatic carbocycles. The molecule has 1 amide bonds. The maximum absolute atomic E-state index is 13.6. The van der Waals surface area contributed by atoms with Crippen molar-refractivity contribution in [3.05, 3.63) is 117 Å². The highest BCUT2D eigenvalue weighted by Gasteiger charge is 2.44. The van der Waals surface area contributed by atoms with Crippen molar-refractivity contribution in [3.8, 4) is 5.75 Å². The van der Waals surface area contributed by atoms with Crippen LogP contribution < -0.4 is 4.74 Å². The van der Waals surface area contributed by atoms with Gasteiger partial charge in [0, 0.05) is 0 Å². The number of hydrogen-bond donors (Lipinski definition) is 1. The summed E-state index contributed by atoms with van der Waals surface area (Å²) in [7, 11) is 0. The van der Waals surface area contributed by atoms with Gasteiger partial charge in [-0.1, -0.05) is 42.5 Å². The van der Waals surface area contributed by atoms with E-state index in [-0.39, 0.29) is 12.1 Å². The zero-order valence-corrected chi connectivity index (χ0v) is 20.6. The first-order chi connectivity index (χ1) is 17.4. The van der Waals surface area contributed by atoms with Gasteiger partial charge < -0.3 is 19.2 Å². The number of amides is 1. The first kappa shape index (κ1) is 23.6. The van der Waals surface area contributed by atoms with Gasteiger partial charge >= 0.3 is 0 Å². The third-order valence-corrected chi connectivity index (χ3v) is 7.08. The van der Waals surface area contributed by atoms with Gasteiger partial charge in [-0.05, 0) is 49.2 Å². The molecule has 0 saturated carbocycles. The van der Waals surface area contributed by atoms with E-state index in [1.807, 2.05) is 49.4 Å². The molecule has 0 saturated heterocycles. The van der Waals surface area contributed by atoms with Crippen LogP contribution in [0.15, 0.2) is 88.7 Å². The van der Waals surface area contributed by atoms with E-state index in [0.717, 1.165) is 10.6 Å². The smallest absolute Gasteiger partial charge is 0.290 e. The number of carbonyl (C=O) groups excluding carboxylic acids is 2. The Kier molecular flexibility index (Phi) is 6.43. The monoisotopic (exact) mass is 500 g/mol. The summed E-state index contributed by atoms with van der Waals surface area (Å²) in [5, 5.41) is 11.6. The Balaban J connectivity index is 1.48. The topological polar surface area (TPSA) is 92.9 Å². The van der Waals surface area contributed by atoms with Gasteiger partial charge in [0.25, 0.3) is 5.91 Å². The van der Waals surface area contributed by atoms with E-state index in [1.54, 1.807) is 31.2 Å². The second kappa shape index (κ2) is 9.83. The molecule has 0 fully saturated rings. The SMILES string of the molecule is Cc1nc(C)c(C(=O)C2=C(O)C(=O)N(Cc3ccco3)C2c2ccc(OCc3ccccc3)cc2)s1. The number of aromatic nitrogens is 1. The van der Waals surface area contributed by atoms with Crippen LogP contribution in [0.4, 0.5) is 0 Å². The maximum atomic E-state index is 13.6. The number of hydrogen-bond acceptors (Lipinski definition) is 7. The number of benzene rings is 2. The molecule has 8 heteroatoms. The fourth-order valence-corrected chi connectivity index (χ4v) is 5.19. The number of rotatable bonds is 8. The van der Waals surface area contributed by atoms with E-state index in [1.165, 1.54) is 22.5 Å². The molecule has 1 aliphatic rings. The van der Waals surface area contributed by atoms with Crippen LogP contribution in [0.25, 0.3) is 0 Å². The summed E-state index contributed by atoms with van der Waals surface area (Å²) in [6.07, 6.45) is 1.52. The third-order valence-electron chi connectivity index (χ3n) is 6.01. The van der Waals surface area contributed by atoms with E-state index in [4.69, 9.17) is 9.15 Å². The average Bonchev–Trinajstić information content (AvgIpc) is 3.58. The molecular weight excluding hydrogens is 476 g/mol. The zero-order valence-electron chi connectivity index (χ0n) is 19.8. The van der Waals surface area contributed by atoms with Crippen molar-refractivity contribution >= 4 is 23.0 Å². The molecule has 4 aromatic rings. The number of carbonyl (C=O) groups is 2. The highest BCUT2D eigenvalue weighted by Crippen LogP contribution is 2.41. The summed E-state index contributed by atoms with van der Waals surface area (Å²) >= 11 is 1.25. The molecule has 1 unspecified atom stereocenters. The number of aliphatic hydroxyl groups excluding tert-OH is 1. The molecule has 182 valence electrons. The second-order valence-corrected chi connectivity index (χ2v) is 9.70. The molecule has 36 heavy (non-hydrogen) atoms. The minimum atomic E-state index is -0.792. The van der Waals surface area contributed by atoms with Crippen LogP contribution in [0.2, 0.25) is 0 Å². The number of ketones is 1. The quantitative estimate of drug-likeness (QED) is 0.312. The number of furan rings is 1. The second-order valence-electron chi connectivity index (χ2n) is 8.50. The number of Topliss-reactive ketones (excluding diaryl/α,β-unsaturated/α-hetero) is 1. The van der Waals surface area contributed by atoms with E-state index >= 15 is 0 Å². The Hall–Kier alpha value is -4.17. The molecule has 1 N–H and O–H groups in total. The van der Waals surface area contributed by atoms with Crippen molar-refractivity contribution in [3.63, 3.8) is 0 Å². The van der Waals surface area contributed by atoms with Crippen molar-refractivity contribution in [1.82, 2.24) is 9.88 Å². The average molecular weight is 501 g/mol. The Morgan fingerprint density at radius 3 is 2.47 bits per heavy atom. The van der Waals surface area contributed by atoms with Gasteiger partial charge in [0.2, 0.25) is 5.78 Å². The molecule has 1 atom stereocenters. The van der Waals surface area contributed by atoms with Gasteiger partial charge in [0.1, 0.15) is 18.1 Å². The van der Waals surface area contributed by atoms with Crippen molar-refractivity contribution in [1.29, 1.82) is 0 Å². The lowest BCUT2D eigenvalue weighted by Gasteiger charge is -2.26. The summed E-state index contributed by atoms with van der Waals surface area (Å²) in [5.74, 6) is -0.378. The molecule has 0 bridgehead atoms. The highest BCUT2D eigenvalue weighted by atomic mass is 32.1. The first-order valence-electron chi connectivity index (χ1n) is 11.4. The third kappa shape index (κ3) is 4.55. The van der Waals surface area contributed by atoms with Gasteiger partial charge in [-0.25, -0.2) is 4.98 Å². The van der Waals surface area contributed by atoms with Crippen molar-refractivity contribution in [2.75, 3.05) is 0 Å². The van der Waals surface area contributed by atoms with Crippen molar-refractivity contribution in [2.45, 2.75) is 33.0 Å². The molecule has 2 aromatic heterocycles. The fraction of sp³-hybridized carbons (Fsp3) is 0.179. The summed E-state index contributed by atoms with van der Waals surface area (Å²) in [5.41, 5.74) is 2.33. The zero-order chi connectivity index (χ0) is 25.2. The van der Waals surface area contributed by atoms with Gasteiger partial charge in [0.15, 0.2) is 5.76 Å². The summed E-state index contributed by atoms with van der Waals surface area (Å²) < 4.78 is 11.3. The number of aryl methyl sites for hydroxylation is 2. The first-order valence-corrected chi connectivity index (χ1v) is 12.3. The molecule has 0 spiro atoms. The van der Waals surface area contributed by atoms with Crippen LogP contribution in [-0.2, 0) is 17.9 Å². The van der Waals surface area contributed by atoms with Crippen LogP contribution >= 0.6 is 11.3 Å². The van der Waals surface area contributed by atoms with E-state index < -0.39 is 23.5 Å². The minimum Gasteiger partial charge on any atom is -0.503 e.